The van der Waals surface area contributed by atoms with Gasteiger partial charge < -0.3 is 10.1 Å². The molecule has 1 unspecified atom stereocenters. The van der Waals surface area contributed by atoms with Gasteiger partial charge in [0.05, 0.1) is 12.6 Å². The van der Waals surface area contributed by atoms with Crippen LogP contribution < -0.4 is 5.32 Å². The molecule has 1 N–H and O–H groups in total. The smallest absolute Gasteiger partial charge is 0.320 e. The third kappa shape index (κ3) is 4.84. The van der Waals surface area contributed by atoms with Crippen molar-refractivity contribution < 1.29 is 9.53 Å². The number of ether oxygens (including phenoxy) is 1. The van der Waals surface area contributed by atoms with Gasteiger partial charge in [-0.3, -0.25) is 4.79 Å². The Hall–Kier alpha value is -0.770. The van der Waals surface area contributed by atoms with E-state index in [9.17, 15) is 4.79 Å². The van der Waals surface area contributed by atoms with E-state index in [1.165, 1.54) is 0 Å². The fourth-order valence-corrected chi connectivity index (χ4v) is 2.08. The van der Waals surface area contributed by atoms with Crippen LogP contribution in [0.1, 0.15) is 32.4 Å². The van der Waals surface area contributed by atoms with Gasteiger partial charge in [0.2, 0.25) is 0 Å². The number of rotatable bonds is 5. The van der Waals surface area contributed by atoms with Gasteiger partial charge in [-0.2, -0.15) is 0 Å². The molecular formula is C13H17Cl2NO2. The van der Waals surface area contributed by atoms with Crippen molar-refractivity contribution in [1.29, 1.82) is 0 Å². The minimum absolute atomic E-state index is 0.0468. The maximum atomic E-state index is 11.4. The Kier molecular flexibility index (Phi) is 5.93. The average Bonchev–Trinajstić information content (AvgIpc) is 2.25. The van der Waals surface area contributed by atoms with Crippen LogP contribution in [0, 0.1) is 0 Å². The first-order chi connectivity index (χ1) is 8.40. The number of hydrogen-bond donors (Lipinski definition) is 1. The van der Waals surface area contributed by atoms with E-state index in [1.54, 1.807) is 12.1 Å². The van der Waals surface area contributed by atoms with Crippen LogP contribution in [0.2, 0.25) is 10.0 Å². The highest BCUT2D eigenvalue weighted by Crippen LogP contribution is 2.25. The number of carbonyl (C=O) groups excluding carboxylic acids is 1. The number of hydrogen-bond acceptors (Lipinski definition) is 3. The van der Waals surface area contributed by atoms with Crippen molar-refractivity contribution in [1.82, 2.24) is 5.32 Å². The highest BCUT2D eigenvalue weighted by Gasteiger charge is 2.12. The summed E-state index contributed by atoms with van der Waals surface area (Å²) in [7, 11) is 0. The van der Waals surface area contributed by atoms with E-state index in [4.69, 9.17) is 27.9 Å². The summed E-state index contributed by atoms with van der Waals surface area (Å²) in [6, 6.07) is 5.25. The second-order valence-electron chi connectivity index (χ2n) is 4.31. The summed E-state index contributed by atoms with van der Waals surface area (Å²) < 4.78 is 5.03. The largest absolute Gasteiger partial charge is 0.462 e. The van der Waals surface area contributed by atoms with Crippen molar-refractivity contribution in [3.63, 3.8) is 0 Å². The van der Waals surface area contributed by atoms with Crippen molar-refractivity contribution in [2.45, 2.75) is 32.9 Å². The second kappa shape index (κ2) is 6.98. The Morgan fingerprint density at radius 1 is 1.33 bits per heavy atom. The van der Waals surface area contributed by atoms with Crippen LogP contribution in [0.25, 0.3) is 0 Å². The second-order valence-corrected chi connectivity index (χ2v) is 5.15. The van der Waals surface area contributed by atoms with E-state index in [0.29, 0.717) is 10.0 Å². The predicted molar refractivity (Wildman–Crippen MR) is 74.1 cm³/mol. The SMILES string of the molecule is CC(C)OC(=O)CNC(C)c1ccc(Cl)cc1Cl. The van der Waals surface area contributed by atoms with E-state index < -0.39 is 0 Å². The average molecular weight is 290 g/mol. The fraction of sp³-hybridized carbons (Fsp3) is 0.462. The van der Waals surface area contributed by atoms with Crippen molar-refractivity contribution in [2.75, 3.05) is 6.54 Å². The quantitative estimate of drug-likeness (QED) is 0.842. The Labute approximate surface area is 117 Å². The summed E-state index contributed by atoms with van der Waals surface area (Å²) in [5.41, 5.74) is 0.901. The maximum absolute atomic E-state index is 11.4. The zero-order valence-corrected chi connectivity index (χ0v) is 12.2. The molecule has 1 aromatic carbocycles. The zero-order chi connectivity index (χ0) is 13.7. The predicted octanol–water partition coefficient (Wildman–Crippen LogP) is 3.60. The first-order valence-electron chi connectivity index (χ1n) is 5.78. The Bertz CT molecular complexity index is 421. The molecule has 0 bridgehead atoms. The van der Waals surface area contributed by atoms with Gasteiger partial charge in [-0.05, 0) is 38.5 Å². The molecule has 0 spiro atoms. The molecule has 0 radical (unpaired) electrons. The lowest BCUT2D eigenvalue weighted by Gasteiger charge is -2.16. The molecule has 0 aliphatic heterocycles. The first kappa shape index (κ1) is 15.3. The van der Waals surface area contributed by atoms with Crippen LogP contribution in [-0.2, 0) is 9.53 Å². The normalized spacial score (nSPS) is 12.6. The molecule has 0 heterocycles. The van der Waals surface area contributed by atoms with Crippen LogP contribution in [0.15, 0.2) is 18.2 Å². The van der Waals surface area contributed by atoms with Crippen LogP contribution in [0.5, 0.6) is 0 Å². The summed E-state index contributed by atoms with van der Waals surface area (Å²) in [6.07, 6.45) is -0.103. The maximum Gasteiger partial charge on any atom is 0.320 e. The summed E-state index contributed by atoms with van der Waals surface area (Å²) >= 11 is 11.9. The molecule has 5 heteroatoms. The van der Waals surface area contributed by atoms with Gasteiger partial charge in [-0.1, -0.05) is 29.3 Å². The molecule has 1 aromatic rings. The fourth-order valence-electron chi connectivity index (χ4n) is 1.50. The van der Waals surface area contributed by atoms with Crippen molar-refractivity contribution >= 4 is 29.2 Å². The lowest BCUT2D eigenvalue weighted by molar-refractivity contribution is -0.146. The third-order valence-electron chi connectivity index (χ3n) is 2.35. The van der Waals surface area contributed by atoms with E-state index >= 15 is 0 Å². The summed E-state index contributed by atoms with van der Waals surface area (Å²) in [5.74, 6) is -0.276. The minimum Gasteiger partial charge on any atom is -0.462 e. The molecule has 0 saturated heterocycles. The summed E-state index contributed by atoms with van der Waals surface area (Å²) in [6.45, 7) is 5.71. The molecule has 0 aromatic heterocycles. The molecule has 1 rings (SSSR count). The summed E-state index contributed by atoms with van der Waals surface area (Å²) in [5, 5.41) is 4.24. The molecule has 0 aliphatic rings. The van der Waals surface area contributed by atoms with Gasteiger partial charge in [-0.25, -0.2) is 0 Å². The zero-order valence-electron chi connectivity index (χ0n) is 10.7. The molecule has 0 saturated carbocycles. The van der Waals surface area contributed by atoms with Gasteiger partial charge in [-0.15, -0.1) is 0 Å². The lowest BCUT2D eigenvalue weighted by atomic mass is 10.1. The van der Waals surface area contributed by atoms with Crippen LogP contribution >= 0.6 is 23.2 Å². The van der Waals surface area contributed by atoms with Crippen molar-refractivity contribution in [3.8, 4) is 0 Å². The molecule has 0 aliphatic carbocycles. The molecule has 0 fully saturated rings. The first-order valence-corrected chi connectivity index (χ1v) is 6.53. The van der Waals surface area contributed by atoms with Gasteiger partial charge >= 0.3 is 5.97 Å². The van der Waals surface area contributed by atoms with Crippen LogP contribution in [0.3, 0.4) is 0 Å². The van der Waals surface area contributed by atoms with Gasteiger partial charge in [0.1, 0.15) is 0 Å². The number of benzene rings is 1. The monoisotopic (exact) mass is 289 g/mol. The Morgan fingerprint density at radius 2 is 2.00 bits per heavy atom. The highest BCUT2D eigenvalue weighted by atomic mass is 35.5. The Balaban J connectivity index is 2.55. The third-order valence-corrected chi connectivity index (χ3v) is 2.91. The van der Waals surface area contributed by atoms with E-state index in [-0.39, 0.29) is 24.7 Å². The van der Waals surface area contributed by atoms with E-state index in [1.807, 2.05) is 26.8 Å². The lowest BCUT2D eigenvalue weighted by Crippen LogP contribution is -2.28. The van der Waals surface area contributed by atoms with Crippen LogP contribution in [-0.4, -0.2) is 18.6 Å². The molecule has 1 atom stereocenters. The molecular weight excluding hydrogens is 273 g/mol. The number of carbonyl (C=O) groups is 1. The highest BCUT2D eigenvalue weighted by molar-refractivity contribution is 6.35. The Morgan fingerprint density at radius 3 is 2.56 bits per heavy atom. The van der Waals surface area contributed by atoms with Crippen molar-refractivity contribution in [3.05, 3.63) is 33.8 Å². The number of esters is 1. The van der Waals surface area contributed by atoms with Gasteiger partial charge in [0, 0.05) is 16.1 Å². The molecule has 18 heavy (non-hydrogen) atoms. The van der Waals surface area contributed by atoms with E-state index in [2.05, 4.69) is 5.32 Å². The van der Waals surface area contributed by atoms with Gasteiger partial charge in [0.15, 0.2) is 0 Å². The topological polar surface area (TPSA) is 38.3 Å². The van der Waals surface area contributed by atoms with Crippen molar-refractivity contribution in [2.24, 2.45) is 0 Å². The molecule has 3 nitrogen and oxygen atoms in total. The van der Waals surface area contributed by atoms with Gasteiger partial charge in [0.25, 0.3) is 0 Å². The van der Waals surface area contributed by atoms with Crippen LogP contribution in [0.4, 0.5) is 0 Å². The number of nitrogens with one attached hydrogen (secondary N) is 1. The van der Waals surface area contributed by atoms with E-state index in [0.717, 1.165) is 5.56 Å². The standard InChI is InChI=1S/C13H17Cl2NO2/c1-8(2)18-13(17)7-16-9(3)11-5-4-10(14)6-12(11)15/h4-6,8-9,16H,7H2,1-3H3. The minimum atomic E-state index is -0.276. The molecule has 100 valence electrons. The molecule has 0 amide bonds. The number of halogens is 2. The summed E-state index contributed by atoms with van der Waals surface area (Å²) in [4.78, 5) is 11.4.